The van der Waals surface area contributed by atoms with Gasteiger partial charge in [-0.15, -0.1) is 0 Å². The minimum atomic E-state index is -0.501. The summed E-state index contributed by atoms with van der Waals surface area (Å²) in [7, 11) is 0. The number of hydrogen-bond donors (Lipinski definition) is 3. The van der Waals surface area contributed by atoms with Crippen molar-refractivity contribution < 1.29 is 24.9 Å². The number of aromatic hydroxyl groups is 1. The monoisotopic (exact) mass is 578 g/mol. The van der Waals surface area contributed by atoms with Gasteiger partial charge in [0.05, 0.1) is 24.4 Å². The van der Waals surface area contributed by atoms with Gasteiger partial charge in [-0.3, -0.25) is 0 Å². The minimum Gasteiger partial charge on any atom is -0.508 e. The van der Waals surface area contributed by atoms with Crippen molar-refractivity contribution in [2.75, 3.05) is 6.61 Å². The van der Waals surface area contributed by atoms with E-state index in [-0.39, 0.29) is 46.0 Å². The smallest absolute Gasteiger partial charge is 0.338 e. The Morgan fingerprint density at radius 2 is 1.48 bits per heavy atom. The summed E-state index contributed by atoms with van der Waals surface area (Å²) in [6.45, 7) is 14.6. The molecule has 0 aliphatic heterocycles. The molecule has 3 N–H and O–H groups in total. The summed E-state index contributed by atoms with van der Waals surface area (Å²) < 4.78 is 5.93. The largest absolute Gasteiger partial charge is 0.508 e. The highest BCUT2D eigenvalue weighted by molar-refractivity contribution is 5.89. The number of benzene rings is 1. The van der Waals surface area contributed by atoms with Gasteiger partial charge < -0.3 is 20.1 Å². The van der Waals surface area contributed by atoms with Gasteiger partial charge in [0, 0.05) is 5.41 Å². The maximum Gasteiger partial charge on any atom is 0.338 e. The van der Waals surface area contributed by atoms with E-state index in [0.29, 0.717) is 23.3 Å². The Balaban J connectivity index is 1.26. The van der Waals surface area contributed by atoms with Crippen LogP contribution in [0, 0.1) is 50.7 Å². The fourth-order valence-corrected chi connectivity index (χ4v) is 11.9. The lowest BCUT2D eigenvalue weighted by molar-refractivity contribution is -0.189. The number of ether oxygens (including phenoxy) is 1. The highest BCUT2D eigenvalue weighted by atomic mass is 16.5. The number of aliphatic hydroxyl groups excluding tert-OH is 2. The molecule has 5 nitrogen and oxygen atoms in total. The molecule has 5 heteroatoms. The van der Waals surface area contributed by atoms with Gasteiger partial charge >= 0.3 is 5.97 Å². The van der Waals surface area contributed by atoms with E-state index < -0.39 is 17.5 Å². The summed E-state index contributed by atoms with van der Waals surface area (Å²) in [6.07, 6.45) is 12.5. The van der Waals surface area contributed by atoms with Gasteiger partial charge in [0.1, 0.15) is 5.75 Å². The summed E-state index contributed by atoms with van der Waals surface area (Å²) in [6, 6.07) is 6.19. The van der Waals surface area contributed by atoms with E-state index in [1.165, 1.54) is 31.4 Å². The predicted octanol–water partition coefficient (Wildman–Crippen LogP) is 7.68. The first kappa shape index (κ1) is 30.2. The number of allylic oxidation sites excluding steroid dienone is 2. The van der Waals surface area contributed by atoms with Gasteiger partial charge in [-0.1, -0.05) is 53.2 Å². The van der Waals surface area contributed by atoms with Crippen LogP contribution in [0.2, 0.25) is 0 Å². The number of phenols is 1. The minimum absolute atomic E-state index is 0.0615. The number of hydrogen-bond acceptors (Lipinski definition) is 5. The third-order valence-electron chi connectivity index (χ3n) is 14.3. The Morgan fingerprint density at radius 1 is 0.810 bits per heavy atom. The molecule has 0 radical (unpaired) electrons. The molecule has 4 saturated carbocycles. The molecule has 42 heavy (non-hydrogen) atoms. The van der Waals surface area contributed by atoms with Crippen LogP contribution in [-0.2, 0) is 4.74 Å². The molecule has 0 heterocycles. The molecular weight excluding hydrogens is 524 g/mol. The molecule has 0 aromatic heterocycles. The van der Waals surface area contributed by atoms with E-state index in [2.05, 4.69) is 47.6 Å². The number of aliphatic hydroxyl groups is 2. The third-order valence-corrected chi connectivity index (χ3v) is 14.3. The van der Waals surface area contributed by atoms with Crippen LogP contribution in [0.1, 0.15) is 116 Å². The van der Waals surface area contributed by atoms with Gasteiger partial charge in [-0.25, -0.2) is 4.79 Å². The molecule has 5 aliphatic carbocycles. The molecule has 0 amide bonds. The van der Waals surface area contributed by atoms with E-state index in [0.717, 1.165) is 44.9 Å². The predicted molar refractivity (Wildman–Crippen MR) is 165 cm³/mol. The maximum absolute atomic E-state index is 13.0. The standard InChI is InChI=1S/C37H54O5/c1-33(2)27-13-9-24-21-34(3)18-15-29-36(5,28(34)14-12-26(24)35(27,4)19-16-30(33)39)20-17-31(40)37(29,6)22-42-32(41)23-7-10-25(38)11-8-23/h7-11,26-31,38-40H,12-22H2,1-6H3/t26-,27-,28-,29+,30+,31-,34-,35+,36+,37+/m0/s1. The fourth-order valence-electron chi connectivity index (χ4n) is 11.9. The number of phenolic OH excluding ortho intramolecular Hbond substituents is 1. The quantitative estimate of drug-likeness (QED) is 0.253. The van der Waals surface area contributed by atoms with Crippen molar-refractivity contribution in [1.29, 1.82) is 0 Å². The maximum atomic E-state index is 13.0. The van der Waals surface area contributed by atoms with Crippen LogP contribution >= 0.6 is 0 Å². The zero-order valence-electron chi connectivity index (χ0n) is 26.8. The highest BCUT2D eigenvalue weighted by Gasteiger charge is 2.64. The lowest BCUT2D eigenvalue weighted by atomic mass is 9.42. The van der Waals surface area contributed by atoms with Gasteiger partial charge in [0.15, 0.2) is 0 Å². The fraction of sp³-hybridized carbons (Fsp3) is 0.757. The number of rotatable bonds is 3. The Labute approximate surface area is 253 Å². The molecule has 4 fully saturated rings. The van der Waals surface area contributed by atoms with E-state index in [4.69, 9.17) is 4.74 Å². The molecule has 0 bridgehead atoms. The molecule has 5 aliphatic rings. The van der Waals surface area contributed by atoms with E-state index in [1.54, 1.807) is 17.7 Å². The van der Waals surface area contributed by atoms with Gasteiger partial charge in [0.25, 0.3) is 0 Å². The first-order valence-electron chi connectivity index (χ1n) is 16.7. The second-order valence-electron chi connectivity index (χ2n) is 16.7. The first-order chi connectivity index (χ1) is 19.6. The van der Waals surface area contributed by atoms with Crippen molar-refractivity contribution in [3.8, 4) is 5.75 Å². The zero-order chi connectivity index (χ0) is 30.3. The van der Waals surface area contributed by atoms with Crippen molar-refractivity contribution in [2.24, 2.45) is 50.7 Å². The van der Waals surface area contributed by atoms with Crippen molar-refractivity contribution in [2.45, 2.75) is 118 Å². The summed E-state index contributed by atoms with van der Waals surface area (Å²) in [5, 5.41) is 32.0. The van der Waals surface area contributed by atoms with Gasteiger partial charge in [0.2, 0.25) is 0 Å². The number of fused-ring (bicyclic) bond motifs is 6. The molecule has 1 aromatic carbocycles. The molecule has 0 unspecified atom stereocenters. The Hall–Kier alpha value is -1.85. The molecular formula is C37H54O5. The molecule has 10 atom stereocenters. The van der Waals surface area contributed by atoms with Crippen LogP contribution in [0.5, 0.6) is 5.75 Å². The molecule has 232 valence electrons. The third kappa shape index (κ3) is 4.42. The summed E-state index contributed by atoms with van der Waals surface area (Å²) >= 11 is 0. The lowest BCUT2D eigenvalue weighted by Crippen LogP contribution is -2.60. The van der Waals surface area contributed by atoms with Crippen LogP contribution in [0.25, 0.3) is 0 Å². The number of esters is 1. The van der Waals surface area contributed by atoms with Gasteiger partial charge in [-0.05, 0) is 134 Å². The normalized spacial score (nSPS) is 46.1. The van der Waals surface area contributed by atoms with E-state index in [9.17, 15) is 20.1 Å². The molecule has 0 saturated heterocycles. The topological polar surface area (TPSA) is 87.0 Å². The summed E-state index contributed by atoms with van der Waals surface area (Å²) in [4.78, 5) is 13.0. The van der Waals surface area contributed by atoms with Crippen molar-refractivity contribution in [3.05, 3.63) is 41.5 Å². The zero-order valence-corrected chi connectivity index (χ0v) is 26.8. The molecule has 1 aromatic rings. The van der Waals surface area contributed by atoms with Crippen molar-refractivity contribution in [3.63, 3.8) is 0 Å². The average Bonchev–Trinajstić information content (AvgIpc) is 3.10. The van der Waals surface area contributed by atoms with E-state index >= 15 is 0 Å². The number of carbonyl (C=O) groups excluding carboxylic acids is 1. The van der Waals surface area contributed by atoms with Crippen LogP contribution in [0.3, 0.4) is 0 Å². The van der Waals surface area contributed by atoms with Crippen LogP contribution < -0.4 is 0 Å². The Morgan fingerprint density at radius 3 is 2.19 bits per heavy atom. The molecule has 0 spiro atoms. The van der Waals surface area contributed by atoms with E-state index in [1.807, 2.05) is 0 Å². The Kier molecular flexibility index (Phi) is 7.25. The second kappa shape index (κ2) is 10.1. The lowest BCUT2D eigenvalue weighted by Gasteiger charge is -2.64. The number of carbonyl (C=O) groups is 1. The average molecular weight is 579 g/mol. The highest BCUT2D eigenvalue weighted by Crippen LogP contribution is 2.70. The van der Waals surface area contributed by atoms with Crippen LogP contribution in [0.4, 0.5) is 0 Å². The first-order valence-corrected chi connectivity index (χ1v) is 16.7. The van der Waals surface area contributed by atoms with Crippen molar-refractivity contribution >= 4 is 5.97 Å². The summed E-state index contributed by atoms with van der Waals surface area (Å²) in [5.74, 6) is 1.65. The van der Waals surface area contributed by atoms with Crippen LogP contribution in [0.15, 0.2) is 35.9 Å². The Bertz CT molecular complexity index is 1240. The summed E-state index contributed by atoms with van der Waals surface area (Å²) in [5.41, 5.74) is 2.08. The van der Waals surface area contributed by atoms with Gasteiger partial charge in [-0.2, -0.15) is 0 Å². The van der Waals surface area contributed by atoms with Crippen molar-refractivity contribution in [1.82, 2.24) is 0 Å². The second-order valence-corrected chi connectivity index (χ2v) is 16.7. The molecule has 6 rings (SSSR count). The van der Waals surface area contributed by atoms with Crippen LogP contribution in [-0.4, -0.2) is 40.1 Å². The SMILES string of the molecule is CC1(C)[C@H](O)CC[C@]2(C)[C@H]3CC[C@H]4[C@@](C)(CC[C@@H]5[C@]4(C)CC[C@H](O)[C@]5(C)COC(=O)c4ccc(O)cc4)CC3=CC[C@@H]12.